The Bertz CT molecular complexity index is 901. The van der Waals surface area contributed by atoms with Crippen LogP contribution in [0.5, 0.6) is 0 Å². The molecule has 1 aromatic carbocycles. The number of nitrogens with zero attached hydrogens (tertiary/aromatic N) is 3. The molecule has 2 rings (SSSR count). The van der Waals surface area contributed by atoms with Crippen molar-refractivity contribution in [1.82, 2.24) is 9.55 Å². The maximum absolute atomic E-state index is 12.7. The van der Waals surface area contributed by atoms with Gasteiger partial charge in [0.25, 0.3) is 5.56 Å². The lowest BCUT2D eigenvalue weighted by molar-refractivity contribution is -0.309. The van der Waals surface area contributed by atoms with E-state index in [-0.39, 0.29) is 29.4 Å². The van der Waals surface area contributed by atoms with Crippen LogP contribution in [0.1, 0.15) is 6.42 Å². The summed E-state index contributed by atoms with van der Waals surface area (Å²) in [5.74, 6) is -1.31. The fourth-order valence-electron chi connectivity index (χ4n) is 2.29. The largest absolute Gasteiger partial charge is 0.396 e. The van der Waals surface area contributed by atoms with Gasteiger partial charge >= 0.3 is 0 Å². The summed E-state index contributed by atoms with van der Waals surface area (Å²) in [6, 6.07) is 8.85. The predicted molar refractivity (Wildman–Crippen MR) is 94.6 cm³/mol. The highest BCUT2D eigenvalue weighted by molar-refractivity contribution is 7.99. The lowest BCUT2D eigenvalue weighted by Crippen LogP contribution is -2.51. The summed E-state index contributed by atoms with van der Waals surface area (Å²) in [6.07, 6.45) is 0.401. The number of hydrogen-bond donors (Lipinski definition) is 2. The van der Waals surface area contributed by atoms with Crippen LogP contribution in [0.2, 0.25) is 0 Å². The molecule has 0 fully saturated rings. The van der Waals surface area contributed by atoms with Crippen molar-refractivity contribution in [3.8, 4) is 6.07 Å². The van der Waals surface area contributed by atoms with E-state index >= 15 is 0 Å². The molecule has 1 atom stereocenters. The van der Waals surface area contributed by atoms with Crippen molar-refractivity contribution in [3.05, 3.63) is 46.9 Å². The molecule has 0 aliphatic rings. The third-order valence-corrected chi connectivity index (χ3v) is 4.57. The Balaban J connectivity index is 2.35. The highest BCUT2D eigenvalue weighted by Crippen LogP contribution is 2.20. The Morgan fingerprint density at radius 2 is 2.20 bits per heavy atom. The fourth-order valence-corrected chi connectivity index (χ4v) is 3.22. The van der Waals surface area contributed by atoms with E-state index in [1.807, 2.05) is 6.07 Å². The predicted octanol–water partition coefficient (Wildman–Crippen LogP) is 0.335. The number of allylic oxidation sites excluding steroid dienone is 1. The smallest absolute Gasteiger partial charge is 0.262 e. The summed E-state index contributed by atoms with van der Waals surface area (Å²) in [5.41, 5.74) is 4.13. The van der Waals surface area contributed by atoms with Gasteiger partial charge in [-0.05, 0) is 25.1 Å². The molecule has 0 amide bonds. The number of aromatic nitrogens is 2. The van der Waals surface area contributed by atoms with Gasteiger partial charge in [0.05, 0.1) is 22.7 Å². The Kier molecular flexibility index (Phi) is 6.47. The number of carbonyl (C=O) groups excluding carboxylic acids is 1. The van der Waals surface area contributed by atoms with Crippen LogP contribution >= 0.6 is 11.8 Å². The van der Waals surface area contributed by atoms with Gasteiger partial charge in [-0.1, -0.05) is 23.9 Å². The zero-order chi connectivity index (χ0) is 18.4. The van der Waals surface area contributed by atoms with Gasteiger partial charge in [0.15, 0.2) is 16.9 Å². The standard InChI is InChI=1S/C17H18N4O3S/c1-11(19)13(9-18)15(23)10-25-17-20-14-6-3-2-5-12(14)16(24)21(17)7-4-8-22/h2-3,5-6,13,22H,1,4,7-8,10,19H2/p+1/t13-/m0/s1. The lowest BCUT2D eigenvalue weighted by atomic mass is 10.1. The maximum Gasteiger partial charge on any atom is 0.262 e. The molecule has 25 heavy (non-hydrogen) atoms. The summed E-state index contributed by atoms with van der Waals surface area (Å²) in [6.45, 7) is 3.80. The van der Waals surface area contributed by atoms with Crippen molar-refractivity contribution >= 4 is 28.4 Å². The summed E-state index contributed by atoms with van der Waals surface area (Å²) in [7, 11) is 0. The highest BCUT2D eigenvalue weighted by atomic mass is 32.2. The second-order valence-corrected chi connectivity index (χ2v) is 6.36. The molecule has 2 aromatic rings. The summed E-state index contributed by atoms with van der Waals surface area (Å²) < 4.78 is 1.46. The van der Waals surface area contributed by atoms with Crippen molar-refractivity contribution in [2.45, 2.75) is 18.1 Å². The topological polar surface area (TPSA) is 124 Å². The molecule has 0 saturated heterocycles. The number of carbonyl (C=O) groups is 1. The average molecular weight is 359 g/mol. The van der Waals surface area contributed by atoms with Crippen molar-refractivity contribution in [2.24, 2.45) is 5.92 Å². The van der Waals surface area contributed by atoms with E-state index in [9.17, 15) is 9.59 Å². The molecule has 0 spiro atoms. The van der Waals surface area contributed by atoms with Crippen LogP contribution in [0.3, 0.4) is 0 Å². The number of hydrogen-bond acceptors (Lipinski definition) is 6. The SMILES string of the molecule is C=C([NH3+])[C@H](C#N)C(=O)CSc1nc2ccccc2c(=O)n1CCCO. The highest BCUT2D eigenvalue weighted by Gasteiger charge is 2.23. The second kappa shape index (κ2) is 8.58. The molecule has 1 aromatic heterocycles. The minimum Gasteiger partial charge on any atom is -0.396 e. The number of ketones is 1. The molecule has 0 unspecified atom stereocenters. The van der Waals surface area contributed by atoms with Gasteiger partial charge in [-0.2, -0.15) is 5.26 Å². The van der Waals surface area contributed by atoms with Crippen molar-refractivity contribution < 1.29 is 15.6 Å². The molecule has 130 valence electrons. The van der Waals surface area contributed by atoms with Crippen LogP contribution in [-0.2, 0) is 11.3 Å². The number of para-hydroxylation sites is 1. The number of thioether (sulfide) groups is 1. The van der Waals surface area contributed by atoms with Crippen molar-refractivity contribution in [1.29, 1.82) is 5.26 Å². The number of aliphatic hydroxyl groups is 1. The Hall–Kier alpha value is -2.47. The van der Waals surface area contributed by atoms with Gasteiger partial charge in [-0.25, -0.2) is 4.98 Å². The van der Waals surface area contributed by atoms with Gasteiger partial charge in [-0.15, -0.1) is 0 Å². The zero-order valence-corrected chi connectivity index (χ0v) is 14.5. The normalized spacial score (nSPS) is 11.9. The first-order valence-electron chi connectivity index (χ1n) is 7.66. The van der Waals surface area contributed by atoms with Gasteiger partial charge in [-0.3, -0.25) is 14.2 Å². The van der Waals surface area contributed by atoms with Crippen LogP contribution in [-0.4, -0.2) is 32.8 Å². The maximum atomic E-state index is 12.7. The first kappa shape index (κ1) is 18.9. The zero-order valence-electron chi connectivity index (χ0n) is 13.6. The molecule has 0 radical (unpaired) electrons. The van der Waals surface area contributed by atoms with Gasteiger partial charge in [0, 0.05) is 13.2 Å². The summed E-state index contributed by atoms with van der Waals surface area (Å²) in [5, 5.41) is 19.0. The lowest BCUT2D eigenvalue weighted by Gasteiger charge is -2.12. The second-order valence-electron chi connectivity index (χ2n) is 5.42. The number of quaternary nitrogens is 1. The van der Waals surface area contributed by atoms with Crippen molar-refractivity contribution in [3.63, 3.8) is 0 Å². The first-order valence-corrected chi connectivity index (χ1v) is 8.64. The number of rotatable bonds is 8. The average Bonchev–Trinajstić information content (AvgIpc) is 2.59. The molecule has 7 nitrogen and oxygen atoms in total. The fraction of sp³-hybridized carbons (Fsp3) is 0.294. The molecular weight excluding hydrogens is 340 g/mol. The number of nitriles is 1. The Morgan fingerprint density at radius 1 is 1.48 bits per heavy atom. The van der Waals surface area contributed by atoms with Gasteiger partial charge in [0.1, 0.15) is 5.70 Å². The van der Waals surface area contributed by atoms with Gasteiger partial charge in [0.2, 0.25) is 0 Å². The van der Waals surface area contributed by atoms with E-state index in [4.69, 9.17) is 10.4 Å². The molecule has 8 heteroatoms. The van der Waals surface area contributed by atoms with E-state index in [1.165, 1.54) is 4.57 Å². The quantitative estimate of drug-likeness (QED) is 0.517. The summed E-state index contributed by atoms with van der Waals surface area (Å²) in [4.78, 5) is 29.3. The summed E-state index contributed by atoms with van der Waals surface area (Å²) >= 11 is 1.10. The Morgan fingerprint density at radius 3 is 2.84 bits per heavy atom. The number of fused-ring (bicyclic) bond motifs is 1. The van der Waals surface area contributed by atoms with E-state index in [1.54, 1.807) is 24.3 Å². The molecular formula is C17H19N4O3S+. The van der Waals surface area contributed by atoms with Crippen molar-refractivity contribution in [2.75, 3.05) is 12.4 Å². The minimum absolute atomic E-state index is 0.0172. The van der Waals surface area contributed by atoms with Crippen LogP contribution in [0.15, 0.2) is 46.5 Å². The van der Waals surface area contributed by atoms with Crippen LogP contribution in [0, 0.1) is 17.2 Å². The van der Waals surface area contributed by atoms with E-state index in [0.29, 0.717) is 29.0 Å². The van der Waals surface area contributed by atoms with E-state index < -0.39 is 5.92 Å². The Labute approximate surface area is 148 Å². The first-order chi connectivity index (χ1) is 12.0. The van der Waals surface area contributed by atoms with Crippen LogP contribution in [0.25, 0.3) is 10.9 Å². The van der Waals surface area contributed by atoms with Crippen LogP contribution in [0.4, 0.5) is 0 Å². The third-order valence-electron chi connectivity index (χ3n) is 3.57. The minimum atomic E-state index is -0.967. The molecule has 0 bridgehead atoms. The van der Waals surface area contributed by atoms with E-state index in [0.717, 1.165) is 11.8 Å². The molecule has 1 heterocycles. The van der Waals surface area contributed by atoms with Gasteiger partial charge < -0.3 is 10.8 Å². The number of Topliss-reactive ketones (excluding diaryl/α,β-unsaturated/α-hetero) is 1. The molecule has 0 saturated carbocycles. The van der Waals surface area contributed by atoms with E-state index in [2.05, 4.69) is 17.3 Å². The molecule has 0 aliphatic carbocycles. The molecule has 0 aliphatic heterocycles. The molecule has 4 N–H and O–H groups in total. The van der Waals surface area contributed by atoms with Crippen LogP contribution < -0.4 is 11.3 Å². The number of aliphatic hydroxyl groups excluding tert-OH is 1. The third kappa shape index (κ3) is 4.33. The number of benzene rings is 1. The monoisotopic (exact) mass is 359 g/mol.